The van der Waals surface area contributed by atoms with Crippen molar-refractivity contribution in [1.29, 1.82) is 0 Å². The van der Waals surface area contributed by atoms with Gasteiger partial charge in [0.05, 0.1) is 5.71 Å². The van der Waals surface area contributed by atoms with Crippen molar-refractivity contribution >= 4 is 11.6 Å². The van der Waals surface area contributed by atoms with Crippen LogP contribution in [-0.2, 0) is 4.79 Å². The number of benzene rings is 2. The number of halogens is 1. The average molecular weight is 296 g/mol. The highest BCUT2D eigenvalue weighted by Gasteiger charge is 2.14. The van der Waals surface area contributed by atoms with Crippen LogP contribution in [0.4, 0.5) is 4.39 Å². The van der Waals surface area contributed by atoms with Crippen molar-refractivity contribution in [2.75, 3.05) is 0 Å². The first-order chi connectivity index (χ1) is 10.5. The molecule has 4 heteroatoms. The van der Waals surface area contributed by atoms with E-state index in [0.717, 1.165) is 28.0 Å². The van der Waals surface area contributed by atoms with Crippen molar-refractivity contribution in [2.45, 2.75) is 26.7 Å². The normalized spacial score (nSPS) is 14.5. The fourth-order valence-corrected chi connectivity index (χ4v) is 2.61. The molecule has 0 unspecified atom stereocenters. The number of aryl methyl sites for hydroxylation is 2. The molecule has 1 heterocycles. The summed E-state index contributed by atoms with van der Waals surface area (Å²) in [6, 6.07) is 11.3. The van der Waals surface area contributed by atoms with Crippen LogP contribution in [0, 0.1) is 19.7 Å². The van der Waals surface area contributed by atoms with Crippen molar-refractivity contribution < 1.29 is 9.18 Å². The van der Waals surface area contributed by atoms with Crippen LogP contribution in [-0.4, -0.2) is 11.6 Å². The maximum absolute atomic E-state index is 13.7. The predicted octanol–water partition coefficient (Wildman–Crippen LogP) is 3.72. The van der Waals surface area contributed by atoms with Crippen LogP contribution in [0.2, 0.25) is 0 Å². The van der Waals surface area contributed by atoms with E-state index >= 15 is 0 Å². The number of amides is 1. The van der Waals surface area contributed by atoms with Crippen LogP contribution >= 0.6 is 0 Å². The van der Waals surface area contributed by atoms with Gasteiger partial charge in [0.1, 0.15) is 5.82 Å². The zero-order valence-corrected chi connectivity index (χ0v) is 12.6. The van der Waals surface area contributed by atoms with E-state index in [1.165, 1.54) is 0 Å². The van der Waals surface area contributed by atoms with E-state index in [0.29, 0.717) is 18.4 Å². The molecule has 0 radical (unpaired) electrons. The van der Waals surface area contributed by atoms with Gasteiger partial charge in [0.2, 0.25) is 5.91 Å². The Labute approximate surface area is 128 Å². The maximum atomic E-state index is 13.7. The molecule has 0 saturated carbocycles. The lowest BCUT2D eigenvalue weighted by Crippen LogP contribution is -2.25. The van der Waals surface area contributed by atoms with Crippen LogP contribution in [0.15, 0.2) is 41.5 Å². The first-order valence-electron chi connectivity index (χ1n) is 7.27. The molecule has 0 bridgehead atoms. The number of carbonyl (C=O) groups is 1. The van der Waals surface area contributed by atoms with Gasteiger partial charge in [0, 0.05) is 12.8 Å². The molecule has 0 atom stereocenters. The molecular formula is C18H17FN2O. The number of carbonyl (C=O) groups excluding carboxylic acids is 1. The van der Waals surface area contributed by atoms with Gasteiger partial charge in [-0.1, -0.05) is 24.3 Å². The number of hydrazone groups is 1. The van der Waals surface area contributed by atoms with E-state index in [1.807, 2.05) is 31.2 Å². The molecule has 2 aromatic rings. The van der Waals surface area contributed by atoms with E-state index in [2.05, 4.69) is 10.5 Å². The monoisotopic (exact) mass is 296 g/mol. The van der Waals surface area contributed by atoms with Gasteiger partial charge >= 0.3 is 0 Å². The van der Waals surface area contributed by atoms with E-state index in [4.69, 9.17) is 0 Å². The third-order valence-corrected chi connectivity index (χ3v) is 3.95. The van der Waals surface area contributed by atoms with Gasteiger partial charge in [-0.15, -0.1) is 0 Å². The fraction of sp³-hybridized carbons (Fsp3) is 0.222. The molecule has 0 aliphatic carbocycles. The molecule has 3 rings (SSSR count). The van der Waals surface area contributed by atoms with E-state index in [-0.39, 0.29) is 11.7 Å². The van der Waals surface area contributed by atoms with Crippen LogP contribution in [0.1, 0.15) is 29.5 Å². The minimum atomic E-state index is -0.194. The van der Waals surface area contributed by atoms with Gasteiger partial charge in [-0.2, -0.15) is 5.10 Å². The Morgan fingerprint density at radius 1 is 1.00 bits per heavy atom. The van der Waals surface area contributed by atoms with Crippen molar-refractivity contribution in [3.05, 3.63) is 58.9 Å². The predicted molar refractivity (Wildman–Crippen MR) is 85.2 cm³/mol. The largest absolute Gasteiger partial charge is 0.273 e. The van der Waals surface area contributed by atoms with Crippen molar-refractivity contribution in [3.63, 3.8) is 0 Å². The number of hydrogen-bond acceptors (Lipinski definition) is 2. The summed E-state index contributed by atoms with van der Waals surface area (Å²) in [7, 11) is 0. The van der Waals surface area contributed by atoms with Crippen molar-refractivity contribution in [3.8, 4) is 11.1 Å². The fourth-order valence-electron chi connectivity index (χ4n) is 2.61. The number of nitrogens with zero attached hydrogens (tertiary/aromatic N) is 1. The second-order valence-electron chi connectivity index (χ2n) is 5.59. The third-order valence-electron chi connectivity index (χ3n) is 3.95. The lowest BCUT2D eigenvalue weighted by atomic mass is 9.95. The maximum Gasteiger partial charge on any atom is 0.240 e. The summed E-state index contributed by atoms with van der Waals surface area (Å²) in [5, 5.41) is 4.11. The second kappa shape index (κ2) is 5.72. The van der Waals surface area contributed by atoms with Crippen molar-refractivity contribution in [1.82, 2.24) is 5.43 Å². The lowest BCUT2D eigenvalue weighted by Gasteiger charge is -2.14. The van der Waals surface area contributed by atoms with Gasteiger partial charge in [0.25, 0.3) is 0 Å². The average Bonchev–Trinajstić information content (AvgIpc) is 2.51. The minimum absolute atomic E-state index is 0.0489. The lowest BCUT2D eigenvalue weighted by molar-refractivity contribution is -0.121. The number of rotatable bonds is 2. The zero-order chi connectivity index (χ0) is 15.7. The summed E-state index contributed by atoms with van der Waals surface area (Å²) in [6.07, 6.45) is 1.10. The minimum Gasteiger partial charge on any atom is -0.273 e. The van der Waals surface area contributed by atoms with Crippen molar-refractivity contribution in [2.24, 2.45) is 5.10 Å². The third kappa shape index (κ3) is 2.77. The Morgan fingerprint density at radius 2 is 1.77 bits per heavy atom. The number of hydrogen-bond donors (Lipinski definition) is 1. The molecule has 1 amide bonds. The smallest absolute Gasteiger partial charge is 0.240 e. The molecule has 2 aromatic carbocycles. The Kier molecular flexibility index (Phi) is 3.75. The molecule has 0 aromatic heterocycles. The van der Waals surface area contributed by atoms with Gasteiger partial charge < -0.3 is 0 Å². The quantitative estimate of drug-likeness (QED) is 0.901. The first-order valence-corrected chi connectivity index (χ1v) is 7.27. The molecule has 22 heavy (non-hydrogen) atoms. The molecule has 0 fully saturated rings. The summed E-state index contributed by atoms with van der Waals surface area (Å²) < 4.78 is 13.7. The first kappa shape index (κ1) is 14.4. The molecule has 0 spiro atoms. The summed E-state index contributed by atoms with van der Waals surface area (Å²) in [6.45, 7) is 3.75. The van der Waals surface area contributed by atoms with Gasteiger partial charge in [-0.05, 0) is 53.8 Å². The van der Waals surface area contributed by atoms with E-state index in [1.54, 1.807) is 19.1 Å². The van der Waals surface area contributed by atoms with Crippen LogP contribution < -0.4 is 5.43 Å². The molecule has 0 saturated heterocycles. The van der Waals surface area contributed by atoms with Crippen LogP contribution in [0.25, 0.3) is 11.1 Å². The highest BCUT2D eigenvalue weighted by molar-refractivity contribution is 6.04. The van der Waals surface area contributed by atoms with Gasteiger partial charge in [-0.25, -0.2) is 9.82 Å². The molecule has 1 aliphatic heterocycles. The highest BCUT2D eigenvalue weighted by Crippen LogP contribution is 2.26. The van der Waals surface area contributed by atoms with E-state index < -0.39 is 0 Å². The van der Waals surface area contributed by atoms with Gasteiger partial charge in [-0.3, -0.25) is 4.79 Å². The Balaban J connectivity index is 1.95. The highest BCUT2D eigenvalue weighted by atomic mass is 19.1. The molecule has 1 N–H and O–H groups in total. The summed E-state index contributed by atoms with van der Waals surface area (Å²) in [5.41, 5.74) is 7.95. The molecule has 3 nitrogen and oxygen atoms in total. The Morgan fingerprint density at radius 3 is 2.41 bits per heavy atom. The zero-order valence-electron chi connectivity index (χ0n) is 12.6. The molecular weight excluding hydrogens is 279 g/mol. The Bertz CT molecular complexity index is 781. The topological polar surface area (TPSA) is 41.5 Å². The second-order valence-corrected chi connectivity index (χ2v) is 5.59. The van der Waals surface area contributed by atoms with E-state index in [9.17, 15) is 9.18 Å². The van der Waals surface area contributed by atoms with Crippen LogP contribution in [0.5, 0.6) is 0 Å². The van der Waals surface area contributed by atoms with Gasteiger partial charge in [0.15, 0.2) is 0 Å². The molecule has 112 valence electrons. The SMILES string of the molecule is Cc1ccc(-c2ccc(C3=NNC(=O)CC3)cc2C)cc1F. The summed E-state index contributed by atoms with van der Waals surface area (Å²) >= 11 is 0. The Hall–Kier alpha value is -2.49. The summed E-state index contributed by atoms with van der Waals surface area (Å²) in [4.78, 5) is 11.2. The summed E-state index contributed by atoms with van der Waals surface area (Å²) in [5.74, 6) is -0.243. The standard InChI is InChI=1S/C18H17FN2O/c1-11-3-4-13(10-16(11)19)15-6-5-14(9-12(15)2)17-7-8-18(22)21-20-17/h3-6,9-10H,7-8H2,1-2H3,(H,21,22). The molecule has 1 aliphatic rings. The van der Waals surface area contributed by atoms with Crippen LogP contribution in [0.3, 0.4) is 0 Å². The number of nitrogens with one attached hydrogen (secondary N) is 1.